The summed E-state index contributed by atoms with van der Waals surface area (Å²) in [5.74, 6) is 10.7. The van der Waals surface area contributed by atoms with Crippen molar-refractivity contribution in [1.29, 1.82) is 0 Å². The number of H-pyrrole nitrogens is 2. The van der Waals surface area contributed by atoms with Crippen LogP contribution >= 0.6 is 0 Å². The number of nitrogens with two attached hydrogens (primary N) is 3. The minimum absolute atomic E-state index is 0.0786. The molecule has 142 valence electrons. The summed E-state index contributed by atoms with van der Waals surface area (Å²) in [6.45, 7) is 0. The highest BCUT2D eigenvalue weighted by molar-refractivity contribution is 6.03. The van der Waals surface area contributed by atoms with Crippen molar-refractivity contribution in [3.8, 4) is 0 Å². The number of carbonyl (C=O) groups is 4. The predicted molar refractivity (Wildman–Crippen MR) is 84.1 cm³/mol. The molecule has 9 N–H and O–H groups in total. The SMILES string of the molecule is COC(=O)CC(=O)CC(=O)OC.NN.NNC(=O)Cc1cc(=O)[nH][nH]1. The van der Waals surface area contributed by atoms with E-state index in [0.29, 0.717) is 5.69 Å². The minimum atomic E-state index is -0.649. The maximum Gasteiger partial charge on any atom is 0.313 e. The molecule has 0 fully saturated rings. The van der Waals surface area contributed by atoms with Crippen molar-refractivity contribution >= 4 is 23.6 Å². The summed E-state index contributed by atoms with van der Waals surface area (Å²) in [5.41, 5.74) is 2.20. The Hall–Kier alpha value is -3.03. The first-order valence-corrected chi connectivity index (χ1v) is 6.57. The molecule has 1 rings (SSSR count). The molecular formula is C12H22N6O7. The van der Waals surface area contributed by atoms with E-state index in [1.807, 2.05) is 5.43 Å². The van der Waals surface area contributed by atoms with E-state index in [1.165, 1.54) is 20.3 Å². The van der Waals surface area contributed by atoms with Gasteiger partial charge in [-0.3, -0.25) is 46.2 Å². The number of rotatable bonds is 6. The number of hydrogen-bond donors (Lipinski definition) is 6. The average molecular weight is 362 g/mol. The molecule has 0 aliphatic rings. The number of ether oxygens (including phenoxy) is 2. The van der Waals surface area contributed by atoms with Gasteiger partial charge >= 0.3 is 11.9 Å². The van der Waals surface area contributed by atoms with Gasteiger partial charge in [0.2, 0.25) is 5.91 Å². The van der Waals surface area contributed by atoms with Crippen molar-refractivity contribution < 1.29 is 28.7 Å². The molecule has 0 saturated heterocycles. The molecular weight excluding hydrogens is 340 g/mol. The summed E-state index contributed by atoms with van der Waals surface area (Å²) in [4.78, 5) is 52.9. The Balaban J connectivity index is 0. The largest absolute Gasteiger partial charge is 0.469 e. The van der Waals surface area contributed by atoms with Crippen LogP contribution in [0.25, 0.3) is 0 Å². The van der Waals surface area contributed by atoms with Gasteiger partial charge in [0.15, 0.2) is 5.78 Å². The van der Waals surface area contributed by atoms with Crippen LogP contribution < -0.4 is 28.5 Å². The fourth-order valence-electron chi connectivity index (χ4n) is 1.22. The number of hydrogen-bond acceptors (Lipinski definition) is 10. The summed E-state index contributed by atoms with van der Waals surface area (Å²) in [5, 5.41) is 4.81. The Labute approximate surface area is 142 Å². The number of amides is 1. The smallest absolute Gasteiger partial charge is 0.313 e. The van der Waals surface area contributed by atoms with Crippen LogP contribution in [0.15, 0.2) is 10.9 Å². The molecule has 0 aliphatic heterocycles. The number of esters is 2. The fraction of sp³-hybridized carbons (Fsp3) is 0.417. The van der Waals surface area contributed by atoms with Gasteiger partial charge in [0.1, 0.15) is 12.8 Å². The number of hydrazine groups is 2. The second-order valence-corrected chi connectivity index (χ2v) is 4.07. The van der Waals surface area contributed by atoms with Gasteiger partial charge in [-0.2, -0.15) is 0 Å². The third-order valence-electron chi connectivity index (χ3n) is 2.30. The predicted octanol–water partition coefficient (Wildman–Crippen LogP) is -3.26. The highest BCUT2D eigenvalue weighted by Crippen LogP contribution is 1.93. The zero-order valence-corrected chi connectivity index (χ0v) is 13.8. The number of aromatic amines is 2. The van der Waals surface area contributed by atoms with E-state index >= 15 is 0 Å². The van der Waals surface area contributed by atoms with Gasteiger partial charge in [0, 0.05) is 11.8 Å². The third-order valence-corrected chi connectivity index (χ3v) is 2.30. The van der Waals surface area contributed by atoms with Crippen LogP contribution in [0.3, 0.4) is 0 Å². The highest BCUT2D eigenvalue weighted by Gasteiger charge is 2.13. The van der Waals surface area contributed by atoms with Crippen molar-refractivity contribution in [3.05, 3.63) is 22.1 Å². The third kappa shape index (κ3) is 13.1. The normalized spacial score (nSPS) is 8.68. The molecule has 1 aromatic heterocycles. The molecule has 0 radical (unpaired) electrons. The van der Waals surface area contributed by atoms with Gasteiger partial charge in [-0.25, -0.2) is 5.84 Å². The van der Waals surface area contributed by atoms with Crippen LogP contribution in [-0.2, 0) is 35.1 Å². The van der Waals surface area contributed by atoms with E-state index < -0.39 is 17.7 Å². The first kappa shape index (κ1) is 24.2. The molecule has 1 aromatic rings. The lowest BCUT2D eigenvalue weighted by Gasteiger charge is -1.97. The first-order chi connectivity index (χ1) is 11.8. The highest BCUT2D eigenvalue weighted by atomic mass is 16.5. The monoisotopic (exact) mass is 362 g/mol. The second-order valence-electron chi connectivity index (χ2n) is 4.07. The number of Topliss-reactive ketones (excluding diaryl/α,β-unsaturated/α-hetero) is 1. The first-order valence-electron chi connectivity index (χ1n) is 6.57. The summed E-state index contributed by atoms with van der Waals surface area (Å²) in [6.07, 6.45) is -0.688. The summed E-state index contributed by atoms with van der Waals surface area (Å²) < 4.78 is 8.45. The minimum Gasteiger partial charge on any atom is -0.469 e. The van der Waals surface area contributed by atoms with Gasteiger partial charge < -0.3 is 14.6 Å². The van der Waals surface area contributed by atoms with Crippen molar-refractivity contribution in [2.45, 2.75) is 19.3 Å². The molecule has 0 aromatic carbocycles. The molecule has 0 bridgehead atoms. The van der Waals surface area contributed by atoms with E-state index in [0.717, 1.165) is 0 Å². The Morgan fingerprint density at radius 3 is 1.84 bits per heavy atom. The molecule has 13 nitrogen and oxygen atoms in total. The lowest BCUT2D eigenvalue weighted by Crippen LogP contribution is -2.31. The number of methoxy groups -OCH3 is 2. The molecule has 1 heterocycles. The van der Waals surface area contributed by atoms with Crippen LogP contribution in [0.4, 0.5) is 0 Å². The van der Waals surface area contributed by atoms with E-state index in [1.54, 1.807) is 0 Å². The number of ketones is 1. The molecule has 13 heteroatoms. The summed E-state index contributed by atoms with van der Waals surface area (Å²) in [7, 11) is 2.35. The molecule has 0 saturated carbocycles. The topological polar surface area (TPSA) is 225 Å². The second kappa shape index (κ2) is 14.6. The van der Waals surface area contributed by atoms with Crippen molar-refractivity contribution in [2.24, 2.45) is 17.5 Å². The van der Waals surface area contributed by atoms with Crippen LogP contribution in [0.1, 0.15) is 18.5 Å². The maximum atomic E-state index is 10.8. The van der Waals surface area contributed by atoms with E-state index in [2.05, 4.69) is 31.4 Å². The fourth-order valence-corrected chi connectivity index (χ4v) is 1.22. The zero-order chi connectivity index (χ0) is 19.8. The van der Waals surface area contributed by atoms with Crippen LogP contribution in [-0.4, -0.2) is 48.0 Å². The van der Waals surface area contributed by atoms with E-state index in [9.17, 15) is 24.0 Å². The Morgan fingerprint density at radius 1 is 1.04 bits per heavy atom. The summed E-state index contributed by atoms with van der Waals surface area (Å²) >= 11 is 0. The Morgan fingerprint density at radius 2 is 1.52 bits per heavy atom. The van der Waals surface area contributed by atoms with Crippen LogP contribution in [0.5, 0.6) is 0 Å². The number of aromatic nitrogens is 2. The molecule has 0 aliphatic carbocycles. The zero-order valence-electron chi connectivity index (χ0n) is 13.8. The van der Waals surface area contributed by atoms with Gasteiger partial charge in [0.05, 0.1) is 20.6 Å². The maximum absolute atomic E-state index is 10.8. The lowest BCUT2D eigenvalue weighted by molar-refractivity contribution is -0.146. The lowest BCUT2D eigenvalue weighted by atomic mass is 10.2. The van der Waals surface area contributed by atoms with E-state index in [4.69, 9.17) is 5.84 Å². The van der Waals surface area contributed by atoms with Crippen molar-refractivity contribution in [1.82, 2.24) is 15.6 Å². The molecule has 0 unspecified atom stereocenters. The van der Waals surface area contributed by atoms with Gasteiger partial charge in [-0.1, -0.05) is 0 Å². The Kier molecular flexibility index (Phi) is 14.1. The molecule has 0 spiro atoms. The number of carbonyl (C=O) groups excluding carboxylic acids is 4. The summed E-state index contributed by atoms with van der Waals surface area (Å²) in [6, 6.07) is 1.30. The van der Waals surface area contributed by atoms with Crippen LogP contribution in [0, 0.1) is 0 Å². The average Bonchev–Trinajstić information content (AvgIpc) is 3.01. The molecule has 0 atom stereocenters. The van der Waals surface area contributed by atoms with Gasteiger partial charge in [0.25, 0.3) is 5.56 Å². The number of nitrogens with one attached hydrogen (secondary N) is 3. The Bertz CT molecular complexity index is 589. The van der Waals surface area contributed by atoms with Crippen molar-refractivity contribution in [3.63, 3.8) is 0 Å². The van der Waals surface area contributed by atoms with Gasteiger partial charge in [-0.05, 0) is 0 Å². The molecule has 25 heavy (non-hydrogen) atoms. The van der Waals surface area contributed by atoms with Crippen LogP contribution in [0.2, 0.25) is 0 Å². The quantitative estimate of drug-likeness (QED) is 0.0972. The standard InChI is InChI=1S/C7H10O5.C5H8N4O2.H4N2/c1-11-6(9)3-5(8)4-7(10)12-2;6-7-4(10)1-3-2-5(11)9-8-3;1-2/h3-4H2,1-2H3;2H,1,6H2,(H,7,10)(H2,8,9,11);1-2H2. The van der Waals surface area contributed by atoms with Crippen molar-refractivity contribution in [2.75, 3.05) is 14.2 Å². The molecule has 1 amide bonds. The van der Waals surface area contributed by atoms with Gasteiger partial charge in [-0.15, -0.1) is 0 Å². The van der Waals surface area contributed by atoms with E-state index in [-0.39, 0.29) is 30.7 Å².